The molecule has 0 saturated heterocycles. The smallest absolute Gasteiger partial charge is 0.264 e. The number of nitrogen functional groups attached to an aromatic ring is 1. The minimum absolute atomic E-state index is 0.288. The van der Waals surface area contributed by atoms with Crippen molar-refractivity contribution in [1.29, 1.82) is 0 Å². The zero-order valence-electron chi connectivity index (χ0n) is 11.6. The van der Waals surface area contributed by atoms with Gasteiger partial charge in [0.25, 0.3) is 10.0 Å². The molecule has 2 aromatic carbocycles. The van der Waals surface area contributed by atoms with E-state index in [0.29, 0.717) is 12.2 Å². The number of nitrogens with two attached hydrogens (primary N) is 1. The van der Waals surface area contributed by atoms with Crippen LogP contribution in [-0.2, 0) is 10.0 Å². The number of aryl methyl sites for hydroxylation is 1. The summed E-state index contributed by atoms with van der Waals surface area (Å²) in [5, 5.41) is 0. The lowest BCUT2D eigenvalue weighted by atomic mass is 10.2. The first kappa shape index (κ1) is 14.3. The monoisotopic (exact) mass is 320 g/mol. The van der Waals surface area contributed by atoms with Crippen LogP contribution in [0, 0.1) is 6.92 Å². The Balaban J connectivity index is 2.09. The first-order valence-corrected chi connectivity index (χ1v) is 9.03. The molecule has 1 aliphatic rings. The third kappa shape index (κ3) is 2.49. The van der Waals surface area contributed by atoms with Crippen molar-refractivity contribution in [3.05, 3.63) is 48.0 Å². The summed E-state index contributed by atoms with van der Waals surface area (Å²) < 4.78 is 27.3. The molecular formula is C15H16N2O2S2. The maximum Gasteiger partial charge on any atom is 0.264 e. The van der Waals surface area contributed by atoms with Crippen molar-refractivity contribution in [1.82, 2.24) is 0 Å². The molecule has 0 aromatic heterocycles. The highest BCUT2D eigenvalue weighted by Crippen LogP contribution is 2.37. The maximum atomic E-state index is 12.9. The number of hydrogen-bond donors (Lipinski definition) is 1. The molecule has 0 saturated carbocycles. The van der Waals surface area contributed by atoms with Gasteiger partial charge in [-0.15, -0.1) is 11.8 Å². The minimum Gasteiger partial charge on any atom is -0.399 e. The van der Waals surface area contributed by atoms with Gasteiger partial charge < -0.3 is 5.73 Å². The zero-order chi connectivity index (χ0) is 15.0. The van der Waals surface area contributed by atoms with Crippen LogP contribution in [0.2, 0.25) is 0 Å². The predicted octanol–water partition coefficient (Wildman–Crippen LogP) is 2.88. The fraction of sp³-hybridized carbons (Fsp3) is 0.200. The Morgan fingerprint density at radius 3 is 2.71 bits per heavy atom. The van der Waals surface area contributed by atoms with Crippen LogP contribution < -0.4 is 10.0 Å². The average Bonchev–Trinajstić information content (AvgIpc) is 2.49. The van der Waals surface area contributed by atoms with Crippen LogP contribution in [0.5, 0.6) is 0 Å². The SMILES string of the molecule is Cc1cc(S(=O)(=O)N2CCSc3ccccc32)ccc1N. The Labute approximate surface area is 129 Å². The van der Waals surface area contributed by atoms with Gasteiger partial charge >= 0.3 is 0 Å². The van der Waals surface area contributed by atoms with Gasteiger partial charge in [0.05, 0.1) is 10.6 Å². The van der Waals surface area contributed by atoms with E-state index in [-0.39, 0.29) is 4.90 Å². The van der Waals surface area contributed by atoms with Crippen molar-refractivity contribution < 1.29 is 8.42 Å². The van der Waals surface area contributed by atoms with Crippen molar-refractivity contribution in [2.75, 3.05) is 22.3 Å². The summed E-state index contributed by atoms with van der Waals surface area (Å²) in [4.78, 5) is 1.29. The summed E-state index contributed by atoms with van der Waals surface area (Å²) in [5.74, 6) is 0.754. The fourth-order valence-corrected chi connectivity index (χ4v) is 5.07. The topological polar surface area (TPSA) is 63.4 Å². The molecule has 4 nitrogen and oxygen atoms in total. The Kier molecular flexibility index (Phi) is 3.59. The number of fused-ring (bicyclic) bond motifs is 1. The van der Waals surface area contributed by atoms with Crippen LogP contribution >= 0.6 is 11.8 Å². The Morgan fingerprint density at radius 2 is 1.95 bits per heavy atom. The molecule has 1 aliphatic heterocycles. The van der Waals surface area contributed by atoms with Crippen LogP contribution in [0.25, 0.3) is 0 Å². The van der Waals surface area contributed by atoms with Crippen LogP contribution in [0.4, 0.5) is 11.4 Å². The zero-order valence-corrected chi connectivity index (χ0v) is 13.2. The summed E-state index contributed by atoms with van der Waals surface area (Å²) in [7, 11) is -3.55. The summed E-state index contributed by atoms with van der Waals surface area (Å²) in [6.45, 7) is 2.29. The molecule has 2 N–H and O–H groups in total. The van der Waals surface area contributed by atoms with Crippen molar-refractivity contribution in [3.8, 4) is 0 Å². The number of nitrogens with zero attached hydrogens (tertiary/aromatic N) is 1. The fourth-order valence-electron chi connectivity index (χ4n) is 2.33. The molecule has 0 fully saturated rings. The van der Waals surface area contributed by atoms with Crippen molar-refractivity contribution in [2.45, 2.75) is 16.7 Å². The first-order valence-electron chi connectivity index (χ1n) is 6.61. The second-order valence-corrected chi connectivity index (χ2v) is 7.91. The van der Waals surface area contributed by atoms with Gasteiger partial charge in [0.2, 0.25) is 0 Å². The number of anilines is 2. The van der Waals surface area contributed by atoms with Gasteiger partial charge in [0, 0.05) is 22.9 Å². The molecule has 2 aromatic rings. The lowest BCUT2D eigenvalue weighted by Crippen LogP contribution is -2.35. The van der Waals surface area contributed by atoms with E-state index in [0.717, 1.165) is 21.9 Å². The standard InChI is InChI=1S/C15H16N2O2S2/c1-11-10-12(6-7-13(11)16)21(18,19)17-8-9-20-15-5-3-2-4-14(15)17/h2-7,10H,8-9,16H2,1H3. The molecule has 110 valence electrons. The third-order valence-corrected chi connectivity index (χ3v) is 6.37. The van der Waals surface area contributed by atoms with Gasteiger partial charge in [-0.3, -0.25) is 4.31 Å². The molecule has 0 radical (unpaired) electrons. The highest BCUT2D eigenvalue weighted by atomic mass is 32.2. The van der Waals surface area contributed by atoms with Gasteiger partial charge in [0.15, 0.2) is 0 Å². The lowest BCUT2D eigenvalue weighted by Gasteiger charge is -2.30. The minimum atomic E-state index is -3.55. The molecule has 1 heterocycles. The van der Waals surface area contributed by atoms with E-state index in [1.165, 1.54) is 4.31 Å². The van der Waals surface area contributed by atoms with Crippen LogP contribution in [0.3, 0.4) is 0 Å². The largest absolute Gasteiger partial charge is 0.399 e. The van der Waals surface area contributed by atoms with Gasteiger partial charge in [-0.25, -0.2) is 8.42 Å². The summed E-state index contributed by atoms with van der Waals surface area (Å²) in [6, 6.07) is 12.4. The molecule has 0 atom stereocenters. The number of rotatable bonds is 2. The molecule has 0 spiro atoms. The predicted molar refractivity (Wildman–Crippen MR) is 87.3 cm³/mol. The van der Waals surface area contributed by atoms with Crippen molar-refractivity contribution in [3.63, 3.8) is 0 Å². The Hall–Kier alpha value is -1.66. The van der Waals surface area contributed by atoms with E-state index in [9.17, 15) is 8.42 Å². The number of hydrogen-bond acceptors (Lipinski definition) is 4. The molecule has 3 rings (SSSR count). The Morgan fingerprint density at radius 1 is 1.19 bits per heavy atom. The normalized spacial score (nSPS) is 14.8. The van der Waals surface area contributed by atoms with Crippen molar-refractivity contribution >= 4 is 33.2 Å². The van der Waals surface area contributed by atoms with Gasteiger partial charge in [-0.2, -0.15) is 0 Å². The van der Waals surface area contributed by atoms with Crippen LogP contribution in [0.15, 0.2) is 52.3 Å². The first-order chi connectivity index (χ1) is 10.00. The number of thioether (sulfide) groups is 1. The highest BCUT2D eigenvalue weighted by molar-refractivity contribution is 8.00. The molecule has 0 bridgehead atoms. The highest BCUT2D eigenvalue weighted by Gasteiger charge is 2.29. The third-order valence-electron chi connectivity index (χ3n) is 3.52. The van der Waals surface area contributed by atoms with Crippen LogP contribution in [-0.4, -0.2) is 20.7 Å². The molecular weight excluding hydrogens is 304 g/mol. The molecule has 0 amide bonds. The molecule has 0 aliphatic carbocycles. The van der Waals surface area contributed by atoms with Crippen LogP contribution in [0.1, 0.15) is 5.56 Å². The number of benzene rings is 2. The maximum absolute atomic E-state index is 12.9. The average molecular weight is 320 g/mol. The van der Waals surface area contributed by atoms with E-state index < -0.39 is 10.0 Å². The van der Waals surface area contributed by atoms with E-state index >= 15 is 0 Å². The number of sulfonamides is 1. The van der Waals surface area contributed by atoms with E-state index in [1.807, 2.05) is 31.2 Å². The van der Waals surface area contributed by atoms with Gasteiger partial charge in [-0.05, 0) is 42.8 Å². The summed E-state index contributed by atoms with van der Waals surface area (Å²) in [5.41, 5.74) is 7.90. The van der Waals surface area contributed by atoms with Crippen molar-refractivity contribution in [2.24, 2.45) is 0 Å². The molecule has 21 heavy (non-hydrogen) atoms. The van der Waals surface area contributed by atoms with Gasteiger partial charge in [0.1, 0.15) is 0 Å². The molecule has 0 unspecified atom stereocenters. The molecule has 6 heteroatoms. The number of para-hydroxylation sites is 1. The second-order valence-electron chi connectivity index (χ2n) is 4.91. The van der Waals surface area contributed by atoms with E-state index in [4.69, 9.17) is 5.73 Å². The van der Waals surface area contributed by atoms with E-state index in [2.05, 4.69) is 0 Å². The lowest BCUT2D eigenvalue weighted by molar-refractivity contribution is 0.591. The second kappa shape index (κ2) is 5.27. The Bertz CT molecular complexity index is 788. The summed E-state index contributed by atoms with van der Waals surface area (Å²) >= 11 is 1.68. The van der Waals surface area contributed by atoms with E-state index in [1.54, 1.807) is 30.0 Å². The quantitative estimate of drug-likeness (QED) is 0.864. The van der Waals surface area contributed by atoms with Gasteiger partial charge in [-0.1, -0.05) is 12.1 Å². The summed E-state index contributed by atoms with van der Waals surface area (Å²) in [6.07, 6.45) is 0.